The molecule has 0 nitrogen and oxygen atoms in total. The molecule has 86 valence electrons. The summed E-state index contributed by atoms with van der Waals surface area (Å²) in [5.74, 6) is 0. The molecule has 0 saturated carbocycles. The van der Waals surface area contributed by atoms with E-state index in [1.807, 2.05) is 0 Å². The normalized spacial score (nSPS) is 14.4. The van der Waals surface area contributed by atoms with Gasteiger partial charge in [-0.1, -0.05) is 36.4 Å². The van der Waals surface area contributed by atoms with Crippen LogP contribution in [0.2, 0.25) is 0 Å². The quantitative estimate of drug-likeness (QED) is 0.634. The Balaban J connectivity index is 2.00. The summed E-state index contributed by atoms with van der Waals surface area (Å²) < 4.78 is 1.43. The third-order valence-corrected chi connectivity index (χ3v) is 4.53. The summed E-state index contributed by atoms with van der Waals surface area (Å²) >= 11 is 2.47. The third-order valence-electron chi connectivity index (χ3n) is 3.53. The number of hydrogen-bond donors (Lipinski definition) is 0. The minimum absolute atomic E-state index is 1.15. The maximum atomic E-state index is 2.47. The van der Waals surface area contributed by atoms with Crippen molar-refractivity contribution in [2.45, 2.75) is 25.7 Å². The summed E-state index contributed by atoms with van der Waals surface area (Å²) in [4.78, 5) is 0. The van der Waals surface area contributed by atoms with E-state index in [0.717, 1.165) is 25.7 Å². The Morgan fingerprint density at radius 3 is 1.82 bits per heavy atom. The average Bonchev–Trinajstić information content (AvgIpc) is 2.34. The Hall–Kier alpha value is -0.830. The SMILES string of the molecule is Ic1cc2ccc1CCc1ccc(cc1)CC2. The molecule has 0 radical (unpaired) electrons. The van der Waals surface area contributed by atoms with Crippen LogP contribution in [0.15, 0.2) is 42.5 Å². The summed E-state index contributed by atoms with van der Waals surface area (Å²) in [7, 11) is 0. The average molecular weight is 334 g/mol. The largest absolute Gasteiger partial charge is 0.0588 e. The minimum Gasteiger partial charge on any atom is -0.0588 e. The predicted octanol–water partition coefficient (Wildman–Crippen LogP) is 4.18. The van der Waals surface area contributed by atoms with Crippen LogP contribution in [-0.2, 0) is 25.7 Å². The summed E-state index contributed by atoms with van der Waals surface area (Å²) in [5, 5.41) is 0. The van der Waals surface area contributed by atoms with E-state index in [0.29, 0.717) is 0 Å². The van der Waals surface area contributed by atoms with E-state index in [9.17, 15) is 0 Å². The highest BCUT2D eigenvalue weighted by Gasteiger charge is 2.05. The number of halogens is 1. The number of rotatable bonds is 0. The van der Waals surface area contributed by atoms with Gasteiger partial charge < -0.3 is 0 Å². The molecule has 0 saturated heterocycles. The Morgan fingerprint density at radius 1 is 0.647 bits per heavy atom. The van der Waals surface area contributed by atoms with E-state index in [1.165, 1.54) is 25.8 Å². The van der Waals surface area contributed by atoms with Crippen molar-refractivity contribution in [2.75, 3.05) is 0 Å². The van der Waals surface area contributed by atoms with E-state index < -0.39 is 0 Å². The smallest absolute Gasteiger partial charge is 0.0165 e. The van der Waals surface area contributed by atoms with Gasteiger partial charge in [-0.25, -0.2) is 0 Å². The molecule has 0 atom stereocenters. The highest BCUT2D eigenvalue weighted by Crippen LogP contribution is 2.20. The van der Waals surface area contributed by atoms with Crippen LogP contribution in [0.4, 0.5) is 0 Å². The number of aryl methyl sites for hydroxylation is 4. The van der Waals surface area contributed by atoms with E-state index in [-0.39, 0.29) is 0 Å². The van der Waals surface area contributed by atoms with Gasteiger partial charge in [0.25, 0.3) is 0 Å². The lowest BCUT2D eigenvalue weighted by molar-refractivity contribution is 0.916. The van der Waals surface area contributed by atoms with Gasteiger partial charge in [-0.05, 0) is 76.6 Å². The second kappa shape index (κ2) is 4.81. The first kappa shape index (κ1) is 11.3. The minimum atomic E-state index is 1.15. The zero-order chi connectivity index (χ0) is 11.7. The van der Waals surface area contributed by atoms with Crippen LogP contribution in [0, 0.1) is 3.57 Å². The molecule has 4 aliphatic carbocycles. The Bertz CT molecular complexity index is 526. The van der Waals surface area contributed by atoms with Crippen LogP contribution in [0.1, 0.15) is 22.3 Å². The van der Waals surface area contributed by atoms with Crippen LogP contribution in [-0.4, -0.2) is 0 Å². The molecule has 0 aliphatic heterocycles. The highest BCUT2D eigenvalue weighted by molar-refractivity contribution is 14.1. The Kier molecular flexibility index (Phi) is 3.19. The van der Waals surface area contributed by atoms with Gasteiger partial charge in [0.2, 0.25) is 0 Å². The lowest BCUT2D eigenvalue weighted by Crippen LogP contribution is -1.99. The summed E-state index contributed by atoms with van der Waals surface area (Å²) in [5.41, 5.74) is 5.85. The van der Waals surface area contributed by atoms with Gasteiger partial charge in [-0.15, -0.1) is 0 Å². The van der Waals surface area contributed by atoms with Crippen molar-refractivity contribution >= 4 is 22.6 Å². The standard InChI is InChI=1S/C16H15I/c17-16-11-14-6-5-12-1-3-13(4-2-12)7-9-15(16)10-8-14/h1-4,8,10-11H,5-7,9H2. The molecule has 2 aromatic carbocycles. The second-order valence-electron chi connectivity index (χ2n) is 4.74. The van der Waals surface area contributed by atoms with Crippen LogP contribution in [0.25, 0.3) is 0 Å². The zero-order valence-corrected chi connectivity index (χ0v) is 11.9. The lowest BCUT2D eigenvalue weighted by Gasteiger charge is -2.11. The fourth-order valence-corrected chi connectivity index (χ4v) is 3.24. The van der Waals surface area contributed by atoms with Crippen molar-refractivity contribution < 1.29 is 0 Å². The van der Waals surface area contributed by atoms with E-state index in [4.69, 9.17) is 0 Å². The maximum Gasteiger partial charge on any atom is 0.0165 e. The van der Waals surface area contributed by atoms with Crippen LogP contribution >= 0.6 is 22.6 Å². The molecule has 2 aromatic rings. The molecule has 1 heteroatoms. The van der Waals surface area contributed by atoms with Gasteiger partial charge in [-0.3, -0.25) is 0 Å². The fraction of sp³-hybridized carbons (Fsp3) is 0.250. The Morgan fingerprint density at radius 2 is 1.18 bits per heavy atom. The predicted molar refractivity (Wildman–Crippen MR) is 80.4 cm³/mol. The van der Waals surface area contributed by atoms with Crippen molar-refractivity contribution in [3.8, 4) is 0 Å². The van der Waals surface area contributed by atoms with Gasteiger partial charge in [0.1, 0.15) is 0 Å². The monoisotopic (exact) mass is 334 g/mol. The van der Waals surface area contributed by atoms with Crippen molar-refractivity contribution in [2.24, 2.45) is 0 Å². The van der Waals surface area contributed by atoms with E-state index in [2.05, 4.69) is 65.1 Å². The Labute approximate surface area is 116 Å². The molecule has 17 heavy (non-hydrogen) atoms. The topological polar surface area (TPSA) is 0 Å². The molecule has 0 amide bonds. The van der Waals surface area contributed by atoms with Gasteiger partial charge in [-0.2, -0.15) is 0 Å². The molecule has 0 heterocycles. The summed E-state index contributed by atoms with van der Waals surface area (Å²) in [6, 6.07) is 16.1. The first-order chi connectivity index (χ1) is 8.31. The van der Waals surface area contributed by atoms with Gasteiger partial charge in [0.15, 0.2) is 0 Å². The van der Waals surface area contributed by atoms with Gasteiger partial charge in [0, 0.05) is 3.57 Å². The molecule has 0 N–H and O–H groups in total. The van der Waals surface area contributed by atoms with Crippen molar-refractivity contribution in [1.29, 1.82) is 0 Å². The molecule has 0 unspecified atom stereocenters. The first-order valence-corrected chi connectivity index (χ1v) is 7.24. The molecule has 6 rings (SSSR count). The van der Waals surface area contributed by atoms with Crippen molar-refractivity contribution in [3.05, 3.63) is 68.3 Å². The molecule has 0 fully saturated rings. The first-order valence-electron chi connectivity index (χ1n) is 6.16. The van der Waals surface area contributed by atoms with Crippen LogP contribution in [0.3, 0.4) is 0 Å². The molecule has 4 bridgehead atoms. The zero-order valence-electron chi connectivity index (χ0n) is 9.75. The van der Waals surface area contributed by atoms with Crippen LogP contribution in [0.5, 0.6) is 0 Å². The van der Waals surface area contributed by atoms with Crippen molar-refractivity contribution in [1.82, 2.24) is 0 Å². The highest BCUT2D eigenvalue weighted by atomic mass is 127. The van der Waals surface area contributed by atoms with E-state index >= 15 is 0 Å². The summed E-state index contributed by atoms with van der Waals surface area (Å²) in [6.45, 7) is 0. The number of benzene rings is 2. The molecular weight excluding hydrogens is 319 g/mol. The second-order valence-corrected chi connectivity index (χ2v) is 5.90. The van der Waals surface area contributed by atoms with Gasteiger partial charge in [0.05, 0.1) is 0 Å². The van der Waals surface area contributed by atoms with Crippen LogP contribution < -0.4 is 0 Å². The third kappa shape index (κ3) is 2.54. The fourth-order valence-electron chi connectivity index (χ4n) is 2.39. The van der Waals surface area contributed by atoms with Gasteiger partial charge >= 0.3 is 0 Å². The molecule has 0 aromatic heterocycles. The molecule has 4 aliphatic rings. The molecule has 0 spiro atoms. The number of hydrogen-bond acceptors (Lipinski definition) is 0. The summed E-state index contributed by atoms with van der Waals surface area (Å²) in [6.07, 6.45) is 4.60. The van der Waals surface area contributed by atoms with Crippen molar-refractivity contribution in [3.63, 3.8) is 0 Å². The maximum absolute atomic E-state index is 2.47. The van der Waals surface area contributed by atoms with E-state index in [1.54, 1.807) is 0 Å². The molecular formula is C16H15I. The lowest BCUT2D eigenvalue weighted by atomic mass is 9.97.